The van der Waals surface area contributed by atoms with Gasteiger partial charge in [-0.15, -0.1) is 12.8 Å². The molecule has 1 unspecified atom stereocenters. The van der Waals surface area contributed by atoms with Gasteiger partial charge in [0.2, 0.25) is 5.91 Å². The number of benzene rings is 1. The van der Waals surface area contributed by atoms with Gasteiger partial charge < -0.3 is 15.6 Å². The molecule has 8 nitrogen and oxygen atoms in total. The highest BCUT2D eigenvalue weighted by molar-refractivity contribution is 5.84. The average Bonchev–Trinajstić information content (AvgIpc) is 3.43. The molecule has 1 aromatic rings. The number of hydrogen-bond acceptors (Lipinski definition) is 4. The van der Waals surface area contributed by atoms with Crippen LogP contribution < -0.4 is 5.73 Å². The summed E-state index contributed by atoms with van der Waals surface area (Å²) in [5.74, 6) is 0.106. The molecule has 1 aromatic carbocycles. The topological polar surface area (TPSA) is 113 Å². The Labute approximate surface area is 208 Å². The summed E-state index contributed by atoms with van der Waals surface area (Å²) in [7, 11) is 0. The summed E-state index contributed by atoms with van der Waals surface area (Å²) in [6, 6.07) is 4.20. The van der Waals surface area contributed by atoms with E-state index >= 15 is 0 Å². The minimum atomic E-state index is -1.00. The van der Waals surface area contributed by atoms with Gasteiger partial charge in [0.15, 0.2) is 0 Å². The van der Waals surface area contributed by atoms with E-state index in [0.717, 1.165) is 17.9 Å². The monoisotopic (exact) mass is 493 g/mol. The summed E-state index contributed by atoms with van der Waals surface area (Å²) in [5.41, 5.74) is 5.93. The maximum atomic E-state index is 13.1. The fraction of sp³-hybridized carbons (Fsp3) is 0.577. The smallest absolute Gasteiger partial charge is 0.410 e. The first kappa shape index (κ1) is 31.7. The van der Waals surface area contributed by atoms with Gasteiger partial charge in [-0.05, 0) is 51.2 Å². The molecule has 2 aliphatic heterocycles. The highest BCUT2D eigenvalue weighted by atomic mass is 19.1. The largest absolute Gasteiger partial charge is 0.465 e. The average molecular weight is 494 g/mol. The van der Waals surface area contributed by atoms with E-state index in [1.54, 1.807) is 32.9 Å². The van der Waals surface area contributed by atoms with Gasteiger partial charge in [0, 0.05) is 18.7 Å². The first-order chi connectivity index (χ1) is 16.3. The zero-order chi connectivity index (χ0) is 27.3. The van der Waals surface area contributed by atoms with Gasteiger partial charge in [0.25, 0.3) is 0 Å². The van der Waals surface area contributed by atoms with Crippen molar-refractivity contribution in [3.63, 3.8) is 0 Å². The van der Waals surface area contributed by atoms with Crippen LogP contribution in [0.4, 0.5) is 14.0 Å². The molecule has 9 heteroatoms. The number of carboxylic acid groups (broad SMARTS) is 1. The first-order valence-electron chi connectivity index (χ1n) is 11.6. The number of hydrogen-bond donors (Lipinski definition) is 2. The van der Waals surface area contributed by atoms with E-state index in [1.165, 1.54) is 22.3 Å². The predicted octanol–water partition coefficient (Wildman–Crippen LogP) is 4.99. The Morgan fingerprint density at radius 1 is 1.23 bits per heavy atom. The zero-order valence-corrected chi connectivity index (χ0v) is 21.7. The molecule has 3 amide bonds. The van der Waals surface area contributed by atoms with E-state index in [0.29, 0.717) is 25.1 Å². The number of primary amides is 1. The van der Waals surface area contributed by atoms with Crippen LogP contribution in [0.15, 0.2) is 18.2 Å². The van der Waals surface area contributed by atoms with Gasteiger partial charge in [-0.25, -0.2) is 14.0 Å². The third kappa shape index (κ3) is 11.1. The molecule has 3 rings (SSSR count). The summed E-state index contributed by atoms with van der Waals surface area (Å²) in [4.78, 5) is 35.9. The molecule has 196 valence electrons. The van der Waals surface area contributed by atoms with Crippen molar-refractivity contribution in [2.24, 2.45) is 11.7 Å². The number of fused-ring (bicyclic) bond motifs is 1. The lowest BCUT2D eigenvalue weighted by molar-refractivity contribution is -0.122. The van der Waals surface area contributed by atoms with Crippen LogP contribution in [-0.2, 0) is 22.6 Å². The molecule has 1 saturated heterocycles. The predicted molar refractivity (Wildman–Crippen MR) is 134 cm³/mol. The molecule has 0 bridgehead atoms. The Morgan fingerprint density at radius 2 is 1.80 bits per heavy atom. The molecular weight excluding hydrogens is 453 g/mol. The van der Waals surface area contributed by atoms with Crippen molar-refractivity contribution in [3.05, 3.63) is 35.1 Å². The number of likely N-dealkylation sites (tertiary alicyclic amines) is 1. The van der Waals surface area contributed by atoms with Crippen LogP contribution >= 0.6 is 0 Å². The highest BCUT2D eigenvalue weighted by Gasteiger charge is 2.35. The minimum Gasteiger partial charge on any atom is -0.465 e. The molecule has 0 radical (unpaired) electrons. The van der Waals surface area contributed by atoms with Crippen molar-refractivity contribution in [2.45, 2.75) is 85.5 Å². The Bertz CT molecular complexity index is 864. The van der Waals surface area contributed by atoms with Crippen LogP contribution in [0.5, 0.6) is 0 Å². The standard InChI is InChI=1S/C10H18N2O3.C9H8FNO2.C5H12.C2H2/c1-10(2,3)15-9(14)12-6-4-5-7(12)8(11)13;10-8-3-1-2-6-4-11(9(12)13)5-7(6)8;1-4-5(2)3;1-2/h7H,4-6H2,1-3H3,(H2,11,13);1-3H,4-5H2,(H,12,13);5H,4H2,1-3H3;1-2H. The van der Waals surface area contributed by atoms with Gasteiger partial charge in [-0.2, -0.15) is 0 Å². The van der Waals surface area contributed by atoms with Crippen molar-refractivity contribution in [2.75, 3.05) is 6.54 Å². The Morgan fingerprint density at radius 3 is 2.23 bits per heavy atom. The summed E-state index contributed by atoms with van der Waals surface area (Å²) >= 11 is 0. The fourth-order valence-corrected chi connectivity index (χ4v) is 3.12. The third-order valence-corrected chi connectivity index (χ3v) is 5.22. The van der Waals surface area contributed by atoms with E-state index < -0.39 is 29.7 Å². The molecule has 1 atom stereocenters. The van der Waals surface area contributed by atoms with Gasteiger partial charge in [0.1, 0.15) is 17.5 Å². The van der Waals surface area contributed by atoms with Crippen molar-refractivity contribution >= 4 is 18.1 Å². The third-order valence-electron chi connectivity index (χ3n) is 5.22. The fourth-order valence-electron chi connectivity index (χ4n) is 3.12. The van der Waals surface area contributed by atoms with Crippen LogP contribution in [0.25, 0.3) is 0 Å². The van der Waals surface area contributed by atoms with Crippen molar-refractivity contribution < 1.29 is 28.6 Å². The van der Waals surface area contributed by atoms with Crippen LogP contribution in [0.1, 0.15) is 71.9 Å². The number of ether oxygens (including phenoxy) is 1. The van der Waals surface area contributed by atoms with Crippen LogP contribution in [0, 0.1) is 24.6 Å². The van der Waals surface area contributed by atoms with E-state index in [1.807, 2.05) is 0 Å². The number of carbonyl (C=O) groups is 3. The number of rotatable bonds is 2. The summed E-state index contributed by atoms with van der Waals surface area (Å²) in [6.07, 6.45) is 9.28. The number of halogens is 1. The maximum Gasteiger partial charge on any atom is 0.410 e. The molecule has 2 heterocycles. The van der Waals surface area contributed by atoms with E-state index in [4.69, 9.17) is 15.6 Å². The van der Waals surface area contributed by atoms with Crippen LogP contribution in [-0.4, -0.2) is 51.2 Å². The number of nitrogens with zero attached hydrogens (tertiary/aromatic N) is 2. The second kappa shape index (κ2) is 14.9. The van der Waals surface area contributed by atoms with Crippen molar-refractivity contribution in [1.29, 1.82) is 0 Å². The van der Waals surface area contributed by atoms with E-state index in [-0.39, 0.29) is 12.4 Å². The Balaban J connectivity index is 0.000000527. The van der Waals surface area contributed by atoms with Gasteiger partial charge in [-0.3, -0.25) is 14.6 Å². The van der Waals surface area contributed by atoms with E-state index in [9.17, 15) is 18.8 Å². The molecule has 0 aromatic heterocycles. The molecule has 2 aliphatic rings. The summed E-state index contributed by atoms with van der Waals surface area (Å²) in [5, 5.41) is 8.68. The number of terminal acetylenes is 1. The Kier molecular flexibility index (Phi) is 13.5. The van der Waals surface area contributed by atoms with Crippen LogP contribution in [0.3, 0.4) is 0 Å². The number of nitrogens with two attached hydrogens (primary N) is 1. The first-order valence-corrected chi connectivity index (χ1v) is 11.6. The summed E-state index contributed by atoms with van der Waals surface area (Å²) in [6.45, 7) is 13.0. The van der Waals surface area contributed by atoms with Gasteiger partial charge >= 0.3 is 12.2 Å². The molecule has 3 N–H and O–H groups in total. The lowest BCUT2D eigenvalue weighted by Gasteiger charge is -2.27. The van der Waals surface area contributed by atoms with Crippen molar-refractivity contribution in [1.82, 2.24) is 9.80 Å². The van der Waals surface area contributed by atoms with Gasteiger partial charge in [-0.1, -0.05) is 39.3 Å². The minimum absolute atomic E-state index is 0.164. The molecule has 0 saturated carbocycles. The van der Waals surface area contributed by atoms with Gasteiger partial charge in [0.05, 0.1) is 6.54 Å². The second-order valence-electron chi connectivity index (χ2n) is 9.55. The molecule has 35 heavy (non-hydrogen) atoms. The summed E-state index contributed by atoms with van der Waals surface area (Å²) < 4.78 is 18.3. The molecule has 0 spiro atoms. The maximum absolute atomic E-state index is 13.1. The Hall–Kier alpha value is -3.28. The molecule has 0 aliphatic carbocycles. The van der Waals surface area contributed by atoms with Crippen LogP contribution in [0.2, 0.25) is 0 Å². The quantitative estimate of drug-likeness (QED) is 0.564. The normalized spacial score (nSPS) is 16.0. The lowest BCUT2D eigenvalue weighted by atomic mass is 10.1. The number of carbonyl (C=O) groups excluding carboxylic acids is 2. The van der Waals surface area contributed by atoms with Crippen molar-refractivity contribution in [3.8, 4) is 12.8 Å². The molecular formula is C26H40FN3O5. The zero-order valence-electron chi connectivity index (χ0n) is 21.7. The SMILES string of the molecule is C#C.CC(C)(C)OC(=O)N1CCCC1C(N)=O.CCC(C)C.O=C(O)N1Cc2cccc(F)c2C1. The highest BCUT2D eigenvalue weighted by Crippen LogP contribution is 2.24. The second-order valence-corrected chi connectivity index (χ2v) is 9.55. The van der Waals surface area contributed by atoms with E-state index in [2.05, 4.69) is 33.6 Å². The molecule has 1 fully saturated rings. The lowest BCUT2D eigenvalue weighted by Crippen LogP contribution is -2.45. The number of amides is 3.